The molecule has 0 saturated carbocycles. The van der Waals surface area contributed by atoms with Gasteiger partial charge in [-0.3, -0.25) is 0 Å². The number of amides is 2. The summed E-state index contributed by atoms with van der Waals surface area (Å²) < 4.78 is 12.0. The summed E-state index contributed by atoms with van der Waals surface area (Å²) in [6.45, 7) is 0. The van der Waals surface area contributed by atoms with Gasteiger partial charge in [0.1, 0.15) is 11.3 Å². The topological polar surface area (TPSA) is 76.4 Å². The number of fused-ring (bicyclic) bond motifs is 1. The Morgan fingerprint density at radius 1 is 1.00 bits per heavy atom. The van der Waals surface area contributed by atoms with E-state index >= 15 is 0 Å². The van der Waals surface area contributed by atoms with Gasteiger partial charge < -0.3 is 19.8 Å². The van der Waals surface area contributed by atoms with Gasteiger partial charge >= 0.3 is 6.03 Å². The minimum Gasteiger partial charge on any atom is -0.495 e. The Hall–Kier alpha value is -3.32. The number of nitrogens with zero attached hydrogens (tertiary/aromatic N) is 1. The lowest BCUT2D eigenvalue weighted by Gasteiger charge is -2.12. The molecule has 2 N–H and O–H groups in total. The van der Waals surface area contributed by atoms with Crippen LogP contribution in [0.3, 0.4) is 0 Å². The zero-order valence-electron chi connectivity index (χ0n) is 14.9. The van der Waals surface area contributed by atoms with Crippen molar-refractivity contribution in [3.8, 4) is 17.2 Å². The number of carbonyl (C=O) groups is 1. The van der Waals surface area contributed by atoms with Gasteiger partial charge in [0.2, 0.25) is 5.89 Å². The second-order valence-corrected chi connectivity index (χ2v) is 6.82. The Morgan fingerprint density at radius 2 is 1.75 bits per heavy atom. The number of benzene rings is 3. The molecule has 1 aromatic heterocycles. The Morgan fingerprint density at radius 3 is 2.54 bits per heavy atom. The molecule has 0 aliphatic heterocycles. The van der Waals surface area contributed by atoms with E-state index in [0.29, 0.717) is 28.6 Å². The highest BCUT2D eigenvalue weighted by Gasteiger charge is 2.14. The van der Waals surface area contributed by atoms with Gasteiger partial charge in [0, 0.05) is 10.0 Å². The third-order valence-electron chi connectivity index (χ3n) is 4.11. The van der Waals surface area contributed by atoms with E-state index in [0.717, 1.165) is 15.6 Å². The van der Waals surface area contributed by atoms with Crippen LogP contribution >= 0.6 is 15.9 Å². The van der Waals surface area contributed by atoms with Gasteiger partial charge in [-0.15, -0.1) is 0 Å². The summed E-state index contributed by atoms with van der Waals surface area (Å²) in [5, 5.41) is 5.61. The fraction of sp³-hybridized carbons (Fsp3) is 0.0476. The van der Waals surface area contributed by atoms with E-state index in [4.69, 9.17) is 9.15 Å². The fourth-order valence-electron chi connectivity index (χ4n) is 2.77. The maximum Gasteiger partial charge on any atom is 0.323 e. The first-order chi connectivity index (χ1) is 13.6. The quantitative estimate of drug-likeness (QED) is 0.415. The van der Waals surface area contributed by atoms with Crippen molar-refractivity contribution in [3.05, 3.63) is 71.2 Å². The summed E-state index contributed by atoms with van der Waals surface area (Å²) in [6, 6.07) is 19.9. The molecule has 0 atom stereocenters. The normalized spacial score (nSPS) is 10.6. The van der Waals surface area contributed by atoms with E-state index in [1.54, 1.807) is 25.3 Å². The van der Waals surface area contributed by atoms with Crippen molar-refractivity contribution in [1.82, 2.24) is 4.98 Å². The van der Waals surface area contributed by atoms with E-state index in [1.807, 2.05) is 48.5 Å². The molecule has 140 valence electrons. The van der Waals surface area contributed by atoms with Crippen LogP contribution in [0.25, 0.3) is 22.6 Å². The first kappa shape index (κ1) is 18.1. The summed E-state index contributed by atoms with van der Waals surface area (Å²) >= 11 is 3.41. The zero-order valence-corrected chi connectivity index (χ0v) is 16.5. The Balaban J connectivity index is 1.61. The van der Waals surface area contributed by atoms with Gasteiger partial charge in [0.15, 0.2) is 5.58 Å². The third-order valence-corrected chi connectivity index (χ3v) is 4.80. The molecule has 4 rings (SSSR count). The Labute approximate surface area is 169 Å². The highest BCUT2D eigenvalue weighted by Crippen LogP contribution is 2.32. The second-order valence-electron chi connectivity index (χ2n) is 5.96. The molecule has 0 aliphatic rings. The van der Waals surface area contributed by atoms with E-state index in [9.17, 15) is 4.79 Å². The molecule has 4 aromatic rings. The number of ether oxygens (including phenoxy) is 1. The lowest BCUT2D eigenvalue weighted by atomic mass is 10.2. The molecule has 2 amide bonds. The predicted molar refractivity (Wildman–Crippen MR) is 113 cm³/mol. The monoisotopic (exact) mass is 437 g/mol. The summed E-state index contributed by atoms with van der Waals surface area (Å²) in [5.74, 6) is 1.00. The highest BCUT2D eigenvalue weighted by molar-refractivity contribution is 9.10. The van der Waals surface area contributed by atoms with Crippen LogP contribution in [0, 0.1) is 0 Å². The van der Waals surface area contributed by atoms with Crippen molar-refractivity contribution in [1.29, 1.82) is 0 Å². The highest BCUT2D eigenvalue weighted by atomic mass is 79.9. The molecule has 0 saturated heterocycles. The molecule has 0 radical (unpaired) electrons. The van der Waals surface area contributed by atoms with Gasteiger partial charge in [-0.2, -0.15) is 0 Å². The van der Waals surface area contributed by atoms with Gasteiger partial charge in [-0.1, -0.05) is 24.3 Å². The van der Waals surface area contributed by atoms with E-state index in [1.165, 1.54) is 0 Å². The number of carbonyl (C=O) groups excluding carboxylic acids is 1. The van der Waals surface area contributed by atoms with E-state index in [-0.39, 0.29) is 6.03 Å². The van der Waals surface area contributed by atoms with Crippen molar-refractivity contribution < 1.29 is 13.9 Å². The lowest BCUT2D eigenvalue weighted by Crippen LogP contribution is -2.20. The smallest absolute Gasteiger partial charge is 0.323 e. The van der Waals surface area contributed by atoms with Crippen molar-refractivity contribution >= 4 is 44.4 Å². The first-order valence-corrected chi connectivity index (χ1v) is 9.30. The molecule has 28 heavy (non-hydrogen) atoms. The maximum absolute atomic E-state index is 12.5. The number of oxazole rings is 1. The number of para-hydroxylation sites is 3. The van der Waals surface area contributed by atoms with Crippen molar-refractivity contribution in [3.63, 3.8) is 0 Å². The van der Waals surface area contributed by atoms with E-state index in [2.05, 4.69) is 31.5 Å². The second kappa shape index (κ2) is 7.74. The van der Waals surface area contributed by atoms with Crippen LogP contribution in [0.4, 0.5) is 16.2 Å². The fourth-order valence-corrected chi connectivity index (χ4v) is 3.16. The largest absolute Gasteiger partial charge is 0.495 e. The number of nitrogens with one attached hydrogen (secondary N) is 2. The predicted octanol–water partition coefficient (Wildman–Crippen LogP) is 5.91. The van der Waals surface area contributed by atoms with Crippen molar-refractivity contribution in [2.24, 2.45) is 0 Å². The summed E-state index contributed by atoms with van der Waals surface area (Å²) in [7, 11) is 1.55. The number of anilines is 2. The first-order valence-electron chi connectivity index (χ1n) is 8.50. The molecule has 0 fully saturated rings. The summed E-state index contributed by atoms with van der Waals surface area (Å²) in [4.78, 5) is 16.9. The maximum atomic E-state index is 12.5. The summed E-state index contributed by atoms with van der Waals surface area (Å²) in [6.07, 6.45) is 0. The van der Waals surface area contributed by atoms with Crippen LogP contribution in [-0.2, 0) is 0 Å². The summed E-state index contributed by atoms with van der Waals surface area (Å²) in [5.41, 5.74) is 3.37. The SMILES string of the molecule is COc1ccc(-c2nc3ccccc3o2)cc1NC(=O)Nc1ccccc1Br. The number of hydrogen-bond donors (Lipinski definition) is 2. The van der Waals surface area contributed by atoms with Gasteiger partial charge in [0.25, 0.3) is 0 Å². The van der Waals surface area contributed by atoms with Gasteiger partial charge in [-0.25, -0.2) is 9.78 Å². The van der Waals surface area contributed by atoms with Crippen LogP contribution in [0.1, 0.15) is 0 Å². The molecular formula is C21H16BrN3O3. The Kier molecular flexibility index (Phi) is 4.99. The van der Waals surface area contributed by atoms with E-state index < -0.39 is 0 Å². The van der Waals surface area contributed by atoms with Gasteiger partial charge in [0.05, 0.1) is 18.5 Å². The average Bonchev–Trinajstić information content (AvgIpc) is 3.14. The number of urea groups is 1. The molecule has 0 spiro atoms. The number of hydrogen-bond acceptors (Lipinski definition) is 4. The standard InChI is InChI=1S/C21H16BrN3O3/c1-27-18-11-10-13(20-23-16-8-4-5-9-19(16)28-20)12-17(18)25-21(26)24-15-7-3-2-6-14(15)22/h2-12H,1H3,(H2,24,25,26). The molecule has 1 heterocycles. The minimum atomic E-state index is -0.389. The van der Waals surface area contributed by atoms with Crippen LogP contribution in [0.15, 0.2) is 75.6 Å². The van der Waals surface area contributed by atoms with Crippen LogP contribution < -0.4 is 15.4 Å². The van der Waals surface area contributed by atoms with Crippen LogP contribution in [0.2, 0.25) is 0 Å². The molecule has 7 heteroatoms. The molecule has 0 bridgehead atoms. The number of halogens is 1. The average molecular weight is 438 g/mol. The molecular weight excluding hydrogens is 422 g/mol. The van der Waals surface area contributed by atoms with Crippen molar-refractivity contribution in [2.75, 3.05) is 17.7 Å². The Bertz CT molecular complexity index is 1120. The third kappa shape index (κ3) is 3.70. The molecule has 0 aliphatic carbocycles. The van der Waals surface area contributed by atoms with Crippen LogP contribution in [0.5, 0.6) is 5.75 Å². The number of methoxy groups -OCH3 is 1. The van der Waals surface area contributed by atoms with Crippen LogP contribution in [-0.4, -0.2) is 18.1 Å². The zero-order chi connectivity index (χ0) is 19.5. The molecule has 0 unspecified atom stereocenters. The molecule has 6 nitrogen and oxygen atoms in total. The number of rotatable bonds is 4. The van der Waals surface area contributed by atoms with Gasteiger partial charge in [-0.05, 0) is 58.4 Å². The lowest BCUT2D eigenvalue weighted by molar-refractivity contribution is 0.262. The minimum absolute atomic E-state index is 0.389. The number of aromatic nitrogens is 1. The van der Waals surface area contributed by atoms with Crippen molar-refractivity contribution in [2.45, 2.75) is 0 Å². The molecule has 3 aromatic carbocycles.